The van der Waals surface area contributed by atoms with Crippen LogP contribution in [0.25, 0.3) is 0 Å². The lowest BCUT2D eigenvalue weighted by atomic mass is 9.94. The highest BCUT2D eigenvalue weighted by Crippen LogP contribution is 2.35. The molecule has 1 N–H and O–H groups in total. The Morgan fingerprint density at radius 2 is 2.17 bits per heavy atom. The number of thioether (sulfide) groups is 1. The van der Waals surface area contributed by atoms with Crippen LogP contribution in [0.5, 0.6) is 0 Å². The molecular formula is C17H24N2O3S2. The second kappa shape index (κ2) is 8.34. The fraction of sp³-hybridized carbons (Fsp3) is 0.706. The molecule has 7 heteroatoms. The predicted molar refractivity (Wildman–Crippen MR) is 95.2 cm³/mol. The van der Waals surface area contributed by atoms with Crippen molar-refractivity contribution in [1.29, 1.82) is 0 Å². The van der Waals surface area contributed by atoms with Gasteiger partial charge in [0.15, 0.2) is 0 Å². The summed E-state index contributed by atoms with van der Waals surface area (Å²) >= 11 is 3.59. The van der Waals surface area contributed by atoms with E-state index in [1.807, 2.05) is 18.7 Å². The number of hydrogen-bond acceptors (Lipinski definition) is 6. The first-order valence-corrected chi connectivity index (χ1v) is 10.4. The molecule has 24 heavy (non-hydrogen) atoms. The van der Waals surface area contributed by atoms with E-state index < -0.39 is 0 Å². The topological polar surface area (TPSA) is 68.3 Å². The van der Waals surface area contributed by atoms with Crippen LogP contribution in [0.3, 0.4) is 0 Å². The molecule has 1 aliphatic heterocycles. The summed E-state index contributed by atoms with van der Waals surface area (Å²) in [5.74, 6) is -0.149. The highest BCUT2D eigenvalue weighted by molar-refractivity contribution is 8.01. The Kier molecular flexibility index (Phi) is 6.16. The summed E-state index contributed by atoms with van der Waals surface area (Å²) in [6.45, 7) is 2.53. The number of nitrogens with zero attached hydrogens (tertiary/aromatic N) is 1. The van der Waals surface area contributed by atoms with E-state index in [0.717, 1.165) is 42.1 Å². The standard InChI is InChI=1S/C17H24N2O3S2/c1-11-10-23-17(18-11)24-14-5-3-13(4-6-14)19-15(20)7-2-12-8-9-22-16(12)21/h10,12-14H,2-9H2,1H3,(H,19,20). The number of amides is 1. The summed E-state index contributed by atoms with van der Waals surface area (Å²) in [4.78, 5) is 28.0. The van der Waals surface area contributed by atoms with Crippen LogP contribution in [0, 0.1) is 12.8 Å². The Bertz CT molecular complexity index is 582. The molecular weight excluding hydrogens is 344 g/mol. The van der Waals surface area contributed by atoms with Gasteiger partial charge in [-0.1, -0.05) is 11.8 Å². The van der Waals surface area contributed by atoms with E-state index in [9.17, 15) is 9.59 Å². The Balaban J connectivity index is 1.34. The van der Waals surface area contributed by atoms with Crippen molar-refractivity contribution in [3.63, 3.8) is 0 Å². The molecule has 0 aromatic carbocycles. The smallest absolute Gasteiger partial charge is 0.309 e. The van der Waals surface area contributed by atoms with E-state index in [1.165, 1.54) is 0 Å². The third kappa shape index (κ3) is 4.96. The molecule has 2 aliphatic rings. The normalized spacial score (nSPS) is 27.0. The molecule has 0 radical (unpaired) electrons. The van der Waals surface area contributed by atoms with Gasteiger partial charge in [0.2, 0.25) is 5.91 Å². The highest BCUT2D eigenvalue weighted by Gasteiger charge is 2.28. The van der Waals surface area contributed by atoms with Crippen molar-refractivity contribution in [2.24, 2.45) is 5.92 Å². The lowest BCUT2D eigenvalue weighted by molar-refractivity contribution is -0.141. The van der Waals surface area contributed by atoms with E-state index >= 15 is 0 Å². The zero-order chi connectivity index (χ0) is 16.9. The predicted octanol–water partition coefficient (Wildman–Crippen LogP) is 3.31. The minimum Gasteiger partial charge on any atom is -0.465 e. The maximum atomic E-state index is 12.1. The molecule has 1 atom stereocenters. The van der Waals surface area contributed by atoms with Crippen LogP contribution in [-0.4, -0.2) is 34.8 Å². The van der Waals surface area contributed by atoms with Gasteiger partial charge in [-0.2, -0.15) is 0 Å². The molecule has 2 fully saturated rings. The van der Waals surface area contributed by atoms with Crippen molar-refractivity contribution in [1.82, 2.24) is 10.3 Å². The zero-order valence-electron chi connectivity index (χ0n) is 14.0. The molecule has 0 spiro atoms. The Morgan fingerprint density at radius 3 is 2.79 bits per heavy atom. The van der Waals surface area contributed by atoms with E-state index in [-0.39, 0.29) is 23.8 Å². The van der Waals surface area contributed by atoms with Crippen LogP contribution in [0.1, 0.15) is 50.6 Å². The van der Waals surface area contributed by atoms with Crippen molar-refractivity contribution in [3.05, 3.63) is 11.1 Å². The SMILES string of the molecule is Cc1csc(SC2CCC(NC(=O)CCC3CCOC3=O)CC2)n1. The monoisotopic (exact) mass is 368 g/mol. The number of carbonyl (C=O) groups is 2. The highest BCUT2D eigenvalue weighted by atomic mass is 32.2. The third-order valence-electron chi connectivity index (χ3n) is 4.67. The van der Waals surface area contributed by atoms with Crippen molar-refractivity contribution in [2.75, 3.05) is 6.61 Å². The molecule has 5 nitrogen and oxygen atoms in total. The van der Waals surface area contributed by atoms with Crippen molar-refractivity contribution >= 4 is 35.0 Å². The van der Waals surface area contributed by atoms with Gasteiger partial charge in [0.05, 0.1) is 12.5 Å². The van der Waals surface area contributed by atoms with Gasteiger partial charge in [0, 0.05) is 28.8 Å². The van der Waals surface area contributed by atoms with Crippen molar-refractivity contribution in [2.45, 2.75) is 67.5 Å². The molecule has 3 rings (SSSR count). The number of thiazole rings is 1. The molecule has 1 amide bonds. The maximum Gasteiger partial charge on any atom is 0.309 e. The number of rotatable bonds is 6. The van der Waals surface area contributed by atoms with Gasteiger partial charge in [0.1, 0.15) is 4.34 Å². The Labute approximate surface area is 150 Å². The molecule has 132 valence electrons. The molecule has 1 aromatic rings. The summed E-state index contributed by atoms with van der Waals surface area (Å²) in [6, 6.07) is 0.280. The van der Waals surface area contributed by atoms with E-state index in [0.29, 0.717) is 24.7 Å². The van der Waals surface area contributed by atoms with Crippen molar-refractivity contribution in [3.8, 4) is 0 Å². The lowest BCUT2D eigenvalue weighted by Crippen LogP contribution is -2.38. The average molecular weight is 369 g/mol. The maximum absolute atomic E-state index is 12.1. The van der Waals surface area contributed by atoms with Crippen LogP contribution in [0.15, 0.2) is 9.72 Å². The summed E-state index contributed by atoms with van der Waals surface area (Å²) in [7, 11) is 0. The second-order valence-corrected chi connectivity index (χ2v) is 9.01. The summed E-state index contributed by atoms with van der Waals surface area (Å²) in [5, 5.41) is 5.83. The van der Waals surface area contributed by atoms with Gasteiger partial charge in [0.25, 0.3) is 0 Å². The van der Waals surface area contributed by atoms with E-state index in [4.69, 9.17) is 4.74 Å². The molecule has 1 aromatic heterocycles. The summed E-state index contributed by atoms with van der Waals surface area (Å²) < 4.78 is 6.09. The van der Waals surface area contributed by atoms with Gasteiger partial charge in [-0.25, -0.2) is 4.98 Å². The third-order valence-corrected chi connectivity index (χ3v) is 7.10. The van der Waals surface area contributed by atoms with Gasteiger partial charge < -0.3 is 10.1 Å². The number of aryl methyl sites for hydroxylation is 1. The lowest BCUT2D eigenvalue weighted by Gasteiger charge is -2.28. The average Bonchev–Trinajstić information content (AvgIpc) is 3.15. The first kappa shape index (κ1) is 17.7. The van der Waals surface area contributed by atoms with Crippen molar-refractivity contribution < 1.29 is 14.3 Å². The number of nitrogens with one attached hydrogen (secondary N) is 1. The summed E-state index contributed by atoms with van der Waals surface area (Å²) in [5.41, 5.74) is 1.09. The largest absolute Gasteiger partial charge is 0.465 e. The Morgan fingerprint density at radius 1 is 1.38 bits per heavy atom. The molecule has 1 aliphatic carbocycles. The van der Waals surface area contributed by atoms with Gasteiger partial charge in [-0.05, 0) is 45.4 Å². The molecule has 1 unspecified atom stereocenters. The van der Waals surface area contributed by atoms with Gasteiger partial charge in [-0.3, -0.25) is 9.59 Å². The molecule has 0 bridgehead atoms. The van der Waals surface area contributed by atoms with Crippen LogP contribution in [0.2, 0.25) is 0 Å². The zero-order valence-corrected chi connectivity index (χ0v) is 15.6. The van der Waals surface area contributed by atoms with E-state index in [1.54, 1.807) is 11.3 Å². The van der Waals surface area contributed by atoms with Crippen LogP contribution < -0.4 is 5.32 Å². The number of carbonyl (C=O) groups excluding carboxylic acids is 2. The van der Waals surface area contributed by atoms with Gasteiger partial charge >= 0.3 is 5.97 Å². The molecule has 2 heterocycles. The summed E-state index contributed by atoms with van der Waals surface area (Å²) in [6.07, 6.45) is 6.07. The quantitative estimate of drug-likeness (QED) is 0.780. The molecule has 1 saturated heterocycles. The number of cyclic esters (lactones) is 1. The second-order valence-electron chi connectivity index (χ2n) is 6.61. The minimum absolute atomic E-state index is 0.0707. The fourth-order valence-electron chi connectivity index (χ4n) is 3.26. The van der Waals surface area contributed by atoms with Crippen LogP contribution in [0.4, 0.5) is 0 Å². The first-order valence-electron chi connectivity index (χ1n) is 8.65. The van der Waals surface area contributed by atoms with Crippen LogP contribution >= 0.6 is 23.1 Å². The molecule has 1 saturated carbocycles. The minimum atomic E-state index is -0.141. The number of esters is 1. The van der Waals surface area contributed by atoms with Crippen LogP contribution in [-0.2, 0) is 14.3 Å². The van der Waals surface area contributed by atoms with E-state index in [2.05, 4.69) is 15.7 Å². The van der Waals surface area contributed by atoms with Gasteiger partial charge in [-0.15, -0.1) is 11.3 Å². The number of hydrogen-bond donors (Lipinski definition) is 1. The first-order chi connectivity index (χ1) is 11.6. The number of ether oxygens (including phenoxy) is 1. The Hall–Kier alpha value is -1.08. The fourth-order valence-corrected chi connectivity index (χ4v) is 5.54. The number of aromatic nitrogens is 1.